The number of nitrogens with zero attached hydrogens (tertiary/aromatic N) is 5. The molecule has 1 fully saturated rings. The number of aromatic nitrogens is 4. The monoisotopic (exact) mass is 283 g/mol. The van der Waals surface area contributed by atoms with Gasteiger partial charge >= 0.3 is 0 Å². The second-order valence-electron chi connectivity index (χ2n) is 5.53. The Bertz CT molecular complexity index is 825. The lowest BCUT2D eigenvalue weighted by molar-refractivity contribution is -0.130. The summed E-state index contributed by atoms with van der Waals surface area (Å²) in [6.45, 7) is 3.95. The van der Waals surface area contributed by atoms with Gasteiger partial charge in [-0.25, -0.2) is 0 Å². The molecule has 6 nitrogen and oxygen atoms in total. The van der Waals surface area contributed by atoms with E-state index in [0.29, 0.717) is 6.54 Å². The lowest BCUT2D eigenvalue weighted by atomic mass is 10.3. The minimum absolute atomic E-state index is 0.163. The molecule has 0 unspecified atom stereocenters. The van der Waals surface area contributed by atoms with Gasteiger partial charge in [0.1, 0.15) is 12.4 Å². The minimum Gasteiger partial charge on any atom is -0.341 e. The average molecular weight is 283 g/mol. The average Bonchev–Trinajstić information content (AvgIpc) is 3.17. The summed E-state index contributed by atoms with van der Waals surface area (Å²) in [6.07, 6.45) is 2.22. The van der Waals surface area contributed by atoms with E-state index in [4.69, 9.17) is 0 Å². The summed E-state index contributed by atoms with van der Waals surface area (Å²) in [5, 5.41) is 4.43. The van der Waals surface area contributed by atoms with Gasteiger partial charge in [0, 0.05) is 13.1 Å². The molecule has 6 heteroatoms. The van der Waals surface area contributed by atoms with Crippen molar-refractivity contribution in [2.75, 3.05) is 13.1 Å². The van der Waals surface area contributed by atoms with E-state index >= 15 is 0 Å². The first-order chi connectivity index (χ1) is 10.2. The fraction of sp³-hybridized carbons (Fsp3) is 0.400. The molecule has 0 bridgehead atoms. The molecule has 4 rings (SSSR count). The number of likely N-dealkylation sites (tertiary alicyclic amines) is 1. The molecule has 1 aliphatic heterocycles. The van der Waals surface area contributed by atoms with E-state index in [1.807, 2.05) is 45.2 Å². The summed E-state index contributed by atoms with van der Waals surface area (Å²) in [5.41, 5.74) is 1.99. The second kappa shape index (κ2) is 4.58. The van der Waals surface area contributed by atoms with Gasteiger partial charge in [-0.05, 0) is 31.9 Å². The molecule has 2 aromatic heterocycles. The van der Waals surface area contributed by atoms with Gasteiger partial charge < -0.3 is 4.90 Å². The van der Waals surface area contributed by atoms with Crippen molar-refractivity contribution in [3.8, 4) is 0 Å². The van der Waals surface area contributed by atoms with E-state index in [2.05, 4.69) is 10.1 Å². The van der Waals surface area contributed by atoms with Crippen LogP contribution in [0.2, 0.25) is 0 Å². The summed E-state index contributed by atoms with van der Waals surface area (Å²) in [6, 6.07) is 7.97. The lowest BCUT2D eigenvalue weighted by Crippen LogP contribution is -2.31. The first kappa shape index (κ1) is 12.4. The van der Waals surface area contributed by atoms with Crippen molar-refractivity contribution in [1.29, 1.82) is 0 Å². The number of hydrogen-bond acceptors (Lipinski definition) is 3. The minimum atomic E-state index is 0.163. The fourth-order valence-corrected chi connectivity index (χ4v) is 3.08. The van der Waals surface area contributed by atoms with Crippen molar-refractivity contribution in [3.63, 3.8) is 0 Å². The molecule has 21 heavy (non-hydrogen) atoms. The molecule has 1 saturated heterocycles. The topological polar surface area (TPSA) is 55.4 Å². The maximum Gasteiger partial charge on any atom is 0.242 e. The number of amides is 1. The number of imidazole rings is 1. The van der Waals surface area contributed by atoms with Crippen LogP contribution in [-0.4, -0.2) is 43.1 Å². The van der Waals surface area contributed by atoms with Crippen LogP contribution in [0.5, 0.6) is 0 Å². The zero-order valence-corrected chi connectivity index (χ0v) is 12.0. The van der Waals surface area contributed by atoms with Gasteiger partial charge in [0.25, 0.3) is 0 Å². The molecule has 1 aromatic carbocycles. The smallest absolute Gasteiger partial charge is 0.242 e. The molecule has 1 aliphatic rings. The van der Waals surface area contributed by atoms with E-state index in [0.717, 1.165) is 48.6 Å². The maximum absolute atomic E-state index is 12.5. The fourth-order valence-electron chi connectivity index (χ4n) is 3.08. The van der Waals surface area contributed by atoms with Gasteiger partial charge in [-0.1, -0.05) is 12.1 Å². The third-order valence-electron chi connectivity index (χ3n) is 4.09. The maximum atomic E-state index is 12.5. The third-order valence-corrected chi connectivity index (χ3v) is 4.09. The number of carbonyl (C=O) groups excluding carboxylic acids is 1. The Morgan fingerprint density at radius 2 is 1.90 bits per heavy atom. The number of rotatable bonds is 2. The van der Waals surface area contributed by atoms with Crippen molar-refractivity contribution in [2.24, 2.45) is 0 Å². The molecule has 3 heterocycles. The van der Waals surface area contributed by atoms with Crippen LogP contribution in [-0.2, 0) is 11.3 Å². The Kier molecular flexibility index (Phi) is 2.70. The molecule has 0 saturated carbocycles. The summed E-state index contributed by atoms with van der Waals surface area (Å²) >= 11 is 0. The highest BCUT2D eigenvalue weighted by atomic mass is 16.2. The van der Waals surface area contributed by atoms with Crippen molar-refractivity contribution >= 4 is 22.7 Å². The summed E-state index contributed by atoms with van der Waals surface area (Å²) in [4.78, 5) is 18.9. The van der Waals surface area contributed by atoms with E-state index in [1.165, 1.54) is 0 Å². The number of fused-ring (bicyclic) bond motifs is 3. The van der Waals surface area contributed by atoms with E-state index in [-0.39, 0.29) is 5.91 Å². The first-order valence-corrected chi connectivity index (χ1v) is 7.32. The van der Waals surface area contributed by atoms with Crippen LogP contribution in [0.3, 0.4) is 0 Å². The van der Waals surface area contributed by atoms with Gasteiger partial charge in [-0.3, -0.25) is 9.36 Å². The molecular weight excluding hydrogens is 266 g/mol. The van der Waals surface area contributed by atoms with Crippen molar-refractivity contribution < 1.29 is 4.79 Å². The van der Waals surface area contributed by atoms with E-state index < -0.39 is 0 Å². The number of carbonyl (C=O) groups is 1. The van der Waals surface area contributed by atoms with Gasteiger partial charge in [0.2, 0.25) is 11.7 Å². The standard InChI is InChI=1S/C15H17N5O/c1-11-16-15-19(10-14(21)18-8-4-5-9-18)12-6-2-3-7-13(12)20(15)17-11/h2-3,6-7H,4-5,8-10H2,1H3. The van der Waals surface area contributed by atoms with Crippen LogP contribution < -0.4 is 0 Å². The van der Waals surface area contributed by atoms with Crippen molar-refractivity contribution in [3.05, 3.63) is 30.1 Å². The van der Waals surface area contributed by atoms with Crippen molar-refractivity contribution in [1.82, 2.24) is 24.1 Å². The predicted molar refractivity (Wildman–Crippen MR) is 79.0 cm³/mol. The zero-order chi connectivity index (χ0) is 14.4. The predicted octanol–water partition coefficient (Wildman–Crippen LogP) is 1.61. The van der Waals surface area contributed by atoms with Gasteiger partial charge in [-0.2, -0.15) is 9.50 Å². The van der Waals surface area contributed by atoms with E-state index in [9.17, 15) is 4.79 Å². The number of para-hydroxylation sites is 2. The van der Waals surface area contributed by atoms with Gasteiger partial charge in [0.05, 0.1) is 11.0 Å². The molecule has 108 valence electrons. The Labute approximate surface area is 122 Å². The highest BCUT2D eigenvalue weighted by Crippen LogP contribution is 2.20. The van der Waals surface area contributed by atoms with Crippen LogP contribution in [0.1, 0.15) is 18.7 Å². The molecule has 0 spiro atoms. The molecule has 0 atom stereocenters. The molecular formula is C15H17N5O. The highest BCUT2D eigenvalue weighted by molar-refractivity contribution is 5.84. The summed E-state index contributed by atoms with van der Waals surface area (Å²) in [5.74, 6) is 1.62. The Hall–Kier alpha value is -2.37. The molecule has 0 N–H and O–H groups in total. The van der Waals surface area contributed by atoms with Crippen LogP contribution in [0.25, 0.3) is 16.8 Å². The number of aryl methyl sites for hydroxylation is 1. The summed E-state index contributed by atoms with van der Waals surface area (Å²) in [7, 11) is 0. The van der Waals surface area contributed by atoms with Crippen LogP contribution >= 0.6 is 0 Å². The Balaban J connectivity index is 1.83. The van der Waals surface area contributed by atoms with E-state index in [1.54, 1.807) is 0 Å². The molecule has 3 aromatic rings. The highest BCUT2D eigenvalue weighted by Gasteiger charge is 2.21. The lowest BCUT2D eigenvalue weighted by Gasteiger charge is -2.15. The van der Waals surface area contributed by atoms with Crippen LogP contribution in [0.4, 0.5) is 0 Å². The molecule has 0 aliphatic carbocycles. The molecule has 0 radical (unpaired) electrons. The normalized spacial score (nSPS) is 15.4. The van der Waals surface area contributed by atoms with Crippen molar-refractivity contribution in [2.45, 2.75) is 26.3 Å². The van der Waals surface area contributed by atoms with Gasteiger partial charge in [0.15, 0.2) is 0 Å². The Morgan fingerprint density at radius 3 is 2.67 bits per heavy atom. The number of hydrogen-bond donors (Lipinski definition) is 0. The zero-order valence-electron chi connectivity index (χ0n) is 12.0. The number of benzene rings is 1. The SMILES string of the molecule is Cc1nc2n(CC(=O)N3CCCC3)c3ccccc3n2n1. The van der Waals surface area contributed by atoms with Crippen LogP contribution in [0, 0.1) is 6.92 Å². The second-order valence-corrected chi connectivity index (χ2v) is 5.53. The Morgan fingerprint density at radius 1 is 1.19 bits per heavy atom. The molecule has 1 amide bonds. The summed E-state index contributed by atoms with van der Waals surface area (Å²) < 4.78 is 3.79. The van der Waals surface area contributed by atoms with Crippen LogP contribution in [0.15, 0.2) is 24.3 Å². The third kappa shape index (κ3) is 1.90. The quantitative estimate of drug-likeness (QED) is 0.718. The largest absolute Gasteiger partial charge is 0.341 e. The van der Waals surface area contributed by atoms with Gasteiger partial charge in [-0.15, -0.1) is 5.10 Å². The first-order valence-electron chi connectivity index (χ1n) is 7.32.